The third-order valence-electron chi connectivity index (χ3n) is 4.21. The molecule has 0 bridgehead atoms. The number of carbonyl (C=O) groups is 2. The molecule has 6 heteroatoms. The van der Waals surface area contributed by atoms with Crippen LogP contribution in [0, 0.1) is 0 Å². The van der Waals surface area contributed by atoms with E-state index in [2.05, 4.69) is 16.7 Å². The van der Waals surface area contributed by atoms with Crippen LogP contribution in [0.15, 0.2) is 53.9 Å². The maximum Gasteiger partial charge on any atom is 0.261 e. The molecule has 27 heavy (non-hydrogen) atoms. The number of fused-ring (bicyclic) bond motifs is 1. The summed E-state index contributed by atoms with van der Waals surface area (Å²) in [5.74, 6) is 0.725. The first kappa shape index (κ1) is 18.9. The number of rotatable bonds is 8. The van der Waals surface area contributed by atoms with Crippen LogP contribution in [0.4, 0.5) is 0 Å². The highest BCUT2D eigenvalue weighted by Crippen LogP contribution is 2.21. The molecule has 0 saturated heterocycles. The Morgan fingerprint density at radius 2 is 1.85 bits per heavy atom. The summed E-state index contributed by atoms with van der Waals surface area (Å²) in [4.78, 5) is 24.5. The Kier molecular flexibility index (Phi) is 6.44. The quantitative estimate of drug-likeness (QED) is 0.583. The number of benzene rings is 2. The number of hydrogen-bond acceptors (Lipinski definition) is 4. The van der Waals surface area contributed by atoms with Crippen molar-refractivity contribution in [3.05, 3.63) is 64.4 Å². The molecule has 0 aliphatic rings. The molecule has 1 aromatic heterocycles. The van der Waals surface area contributed by atoms with Gasteiger partial charge in [0.1, 0.15) is 5.75 Å². The zero-order valence-electron chi connectivity index (χ0n) is 15.2. The maximum absolute atomic E-state index is 12.0. The summed E-state index contributed by atoms with van der Waals surface area (Å²) in [5, 5.41) is 9.83. The summed E-state index contributed by atoms with van der Waals surface area (Å²) >= 11 is 1.41. The van der Waals surface area contributed by atoms with Crippen molar-refractivity contribution in [2.24, 2.45) is 0 Å². The summed E-state index contributed by atoms with van der Waals surface area (Å²) in [6.07, 6.45) is 0.996. The predicted molar refractivity (Wildman–Crippen MR) is 108 cm³/mol. The standard InChI is InChI=1S/C21H22N2O3S/c1-26-18-9-8-16-12-15(6-7-17(16)13-18)14-23-20(24)5-2-10-22-21(25)19-4-3-11-27-19/h3-4,6-9,11-13H,2,5,10,14H2,1H3,(H,22,25)(H,23,24). The first-order valence-corrected chi connectivity index (χ1v) is 9.69. The molecule has 0 unspecified atom stereocenters. The van der Waals surface area contributed by atoms with Crippen molar-refractivity contribution in [3.8, 4) is 5.75 Å². The van der Waals surface area contributed by atoms with Crippen LogP contribution in [-0.4, -0.2) is 25.5 Å². The number of hydrogen-bond donors (Lipinski definition) is 2. The van der Waals surface area contributed by atoms with Crippen LogP contribution in [0.2, 0.25) is 0 Å². The molecular weight excluding hydrogens is 360 g/mol. The molecule has 0 radical (unpaired) electrons. The molecule has 0 atom stereocenters. The molecule has 0 spiro atoms. The first-order valence-electron chi connectivity index (χ1n) is 8.81. The number of carbonyl (C=O) groups excluding carboxylic acids is 2. The zero-order chi connectivity index (χ0) is 19.1. The Morgan fingerprint density at radius 3 is 2.63 bits per heavy atom. The van der Waals surface area contributed by atoms with Gasteiger partial charge in [-0.3, -0.25) is 9.59 Å². The van der Waals surface area contributed by atoms with Crippen LogP contribution in [0.3, 0.4) is 0 Å². The lowest BCUT2D eigenvalue weighted by Gasteiger charge is -2.08. The molecule has 140 valence electrons. The van der Waals surface area contributed by atoms with Gasteiger partial charge in [0.2, 0.25) is 5.91 Å². The minimum Gasteiger partial charge on any atom is -0.497 e. The van der Waals surface area contributed by atoms with E-state index in [1.807, 2.05) is 41.8 Å². The van der Waals surface area contributed by atoms with E-state index in [-0.39, 0.29) is 11.8 Å². The van der Waals surface area contributed by atoms with Crippen molar-refractivity contribution < 1.29 is 14.3 Å². The fraction of sp³-hybridized carbons (Fsp3) is 0.238. The monoisotopic (exact) mass is 382 g/mol. The van der Waals surface area contributed by atoms with Crippen molar-refractivity contribution in [2.45, 2.75) is 19.4 Å². The Morgan fingerprint density at radius 1 is 1.04 bits per heavy atom. The number of amides is 2. The van der Waals surface area contributed by atoms with E-state index >= 15 is 0 Å². The van der Waals surface area contributed by atoms with Gasteiger partial charge in [-0.05, 0) is 52.4 Å². The SMILES string of the molecule is COc1ccc2cc(CNC(=O)CCCNC(=O)c3cccs3)ccc2c1. The molecule has 3 aromatic rings. The van der Waals surface area contributed by atoms with E-state index in [0.29, 0.717) is 30.8 Å². The lowest BCUT2D eigenvalue weighted by molar-refractivity contribution is -0.121. The lowest BCUT2D eigenvalue weighted by atomic mass is 10.1. The second kappa shape index (κ2) is 9.19. The Bertz CT molecular complexity index is 922. The minimum atomic E-state index is -0.0850. The minimum absolute atomic E-state index is 0.0183. The van der Waals surface area contributed by atoms with Gasteiger partial charge in [0, 0.05) is 19.5 Å². The second-order valence-electron chi connectivity index (χ2n) is 6.16. The topological polar surface area (TPSA) is 67.4 Å². The van der Waals surface area contributed by atoms with Gasteiger partial charge in [-0.25, -0.2) is 0 Å². The molecule has 1 heterocycles. The van der Waals surface area contributed by atoms with Gasteiger partial charge in [0.05, 0.1) is 12.0 Å². The van der Waals surface area contributed by atoms with Gasteiger partial charge in [-0.15, -0.1) is 11.3 Å². The van der Waals surface area contributed by atoms with Gasteiger partial charge in [-0.2, -0.15) is 0 Å². The van der Waals surface area contributed by atoms with Crippen LogP contribution in [-0.2, 0) is 11.3 Å². The fourth-order valence-electron chi connectivity index (χ4n) is 2.74. The molecule has 3 rings (SSSR count). The number of methoxy groups -OCH3 is 1. The third kappa shape index (κ3) is 5.31. The van der Waals surface area contributed by atoms with Gasteiger partial charge < -0.3 is 15.4 Å². The summed E-state index contributed by atoms with van der Waals surface area (Å²) in [6.45, 7) is 0.977. The van der Waals surface area contributed by atoms with E-state index in [9.17, 15) is 9.59 Å². The average molecular weight is 382 g/mol. The number of ether oxygens (including phenoxy) is 1. The summed E-state index contributed by atoms with van der Waals surface area (Å²) in [6, 6.07) is 15.6. The molecular formula is C21H22N2O3S. The highest BCUT2D eigenvalue weighted by molar-refractivity contribution is 7.12. The first-order chi connectivity index (χ1) is 13.2. The number of nitrogens with one attached hydrogen (secondary N) is 2. The molecule has 2 amide bonds. The van der Waals surface area contributed by atoms with Crippen LogP contribution in [0.1, 0.15) is 28.1 Å². The molecule has 2 N–H and O–H groups in total. The van der Waals surface area contributed by atoms with Crippen molar-refractivity contribution in [2.75, 3.05) is 13.7 Å². The van der Waals surface area contributed by atoms with Gasteiger partial charge in [0.15, 0.2) is 0 Å². The van der Waals surface area contributed by atoms with Crippen LogP contribution in [0.25, 0.3) is 10.8 Å². The van der Waals surface area contributed by atoms with Crippen LogP contribution >= 0.6 is 11.3 Å². The summed E-state index contributed by atoms with van der Waals surface area (Å²) in [7, 11) is 1.65. The maximum atomic E-state index is 12.0. The Labute approximate surface area is 162 Å². The van der Waals surface area contributed by atoms with Crippen LogP contribution < -0.4 is 15.4 Å². The predicted octanol–water partition coefficient (Wildman–Crippen LogP) is 3.74. The summed E-state index contributed by atoms with van der Waals surface area (Å²) < 4.78 is 5.23. The molecule has 5 nitrogen and oxygen atoms in total. The largest absolute Gasteiger partial charge is 0.497 e. The van der Waals surface area contributed by atoms with E-state index in [1.54, 1.807) is 13.2 Å². The van der Waals surface area contributed by atoms with Crippen molar-refractivity contribution in [1.29, 1.82) is 0 Å². The summed E-state index contributed by atoms with van der Waals surface area (Å²) in [5.41, 5.74) is 1.05. The lowest BCUT2D eigenvalue weighted by Crippen LogP contribution is -2.26. The van der Waals surface area contributed by atoms with E-state index in [1.165, 1.54) is 11.3 Å². The molecule has 0 fully saturated rings. The van der Waals surface area contributed by atoms with Crippen molar-refractivity contribution >= 4 is 33.9 Å². The number of thiophene rings is 1. The Hall–Kier alpha value is -2.86. The smallest absolute Gasteiger partial charge is 0.261 e. The van der Waals surface area contributed by atoms with Crippen molar-refractivity contribution in [3.63, 3.8) is 0 Å². The van der Waals surface area contributed by atoms with E-state index in [0.717, 1.165) is 22.1 Å². The third-order valence-corrected chi connectivity index (χ3v) is 5.08. The average Bonchev–Trinajstić information content (AvgIpc) is 3.24. The van der Waals surface area contributed by atoms with E-state index in [4.69, 9.17) is 4.74 Å². The highest BCUT2D eigenvalue weighted by atomic mass is 32.1. The highest BCUT2D eigenvalue weighted by Gasteiger charge is 2.06. The molecule has 0 saturated carbocycles. The zero-order valence-corrected chi connectivity index (χ0v) is 16.0. The second-order valence-corrected chi connectivity index (χ2v) is 7.11. The van der Waals surface area contributed by atoms with Crippen molar-refractivity contribution in [1.82, 2.24) is 10.6 Å². The fourth-order valence-corrected chi connectivity index (χ4v) is 3.39. The Balaban J connectivity index is 1.41. The van der Waals surface area contributed by atoms with E-state index < -0.39 is 0 Å². The molecule has 0 aliphatic heterocycles. The van der Waals surface area contributed by atoms with Gasteiger partial charge in [0.25, 0.3) is 5.91 Å². The molecule has 0 aliphatic carbocycles. The normalized spacial score (nSPS) is 10.6. The van der Waals surface area contributed by atoms with Crippen LogP contribution in [0.5, 0.6) is 5.75 Å². The molecule has 2 aromatic carbocycles. The van der Waals surface area contributed by atoms with Gasteiger partial charge >= 0.3 is 0 Å². The van der Waals surface area contributed by atoms with Gasteiger partial charge in [-0.1, -0.05) is 24.3 Å².